The van der Waals surface area contributed by atoms with Crippen molar-refractivity contribution in [3.63, 3.8) is 0 Å². The molecular weight excluding hydrogens is 292 g/mol. The molecule has 1 aliphatic carbocycles. The number of aliphatic hydroxyl groups excluding tert-OH is 1. The van der Waals surface area contributed by atoms with Gasteiger partial charge in [0.25, 0.3) is 0 Å². The van der Waals surface area contributed by atoms with Crippen molar-refractivity contribution in [1.29, 1.82) is 0 Å². The molecule has 1 aromatic rings. The Kier molecular flexibility index (Phi) is 3.99. The van der Waals surface area contributed by atoms with Crippen molar-refractivity contribution < 1.29 is 14.6 Å². The Bertz CT molecular complexity index is 561. The third kappa shape index (κ3) is 3.21. The average molecular weight is 316 g/mol. The lowest BCUT2D eigenvalue weighted by molar-refractivity contribution is 0.0938. The van der Waals surface area contributed by atoms with Crippen molar-refractivity contribution in [3.05, 3.63) is 35.9 Å². The molecule has 0 spiro atoms. The standard InChI is InChI=1S/C18H24N2O3/c21-16(12-4-2-1-3-5-12)11-20(13-6-7-13)18(22)19-15-10-14-8-9-17(15)23-14/h1-5,13-17,21H,6-11H2,(H,19,22)/t14-,15-,16+,17-/m1/s1. The number of nitrogens with zero attached hydrogens (tertiary/aromatic N) is 1. The van der Waals surface area contributed by atoms with E-state index in [2.05, 4.69) is 5.32 Å². The van der Waals surface area contributed by atoms with Gasteiger partial charge in [-0.05, 0) is 37.7 Å². The Morgan fingerprint density at radius 3 is 2.65 bits per heavy atom. The summed E-state index contributed by atoms with van der Waals surface area (Å²) >= 11 is 0. The summed E-state index contributed by atoms with van der Waals surface area (Å²) < 4.78 is 5.81. The Morgan fingerprint density at radius 1 is 1.26 bits per heavy atom. The number of carbonyl (C=O) groups is 1. The topological polar surface area (TPSA) is 61.8 Å². The van der Waals surface area contributed by atoms with E-state index in [0.717, 1.165) is 37.7 Å². The minimum atomic E-state index is -0.640. The maximum atomic E-state index is 12.7. The lowest BCUT2D eigenvalue weighted by Crippen LogP contribution is -2.50. The molecular formula is C18H24N2O3. The highest BCUT2D eigenvalue weighted by Crippen LogP contribution is 2.35. The van der Waals surface area contributed by atoms with Gasteiger partial charge >= 0.3 is 6.03 Å². The minimum absolute atomic E-state index is 0.0522. The van der Waals surface area contributed by atoms with Gasteiger partial charge in [-0.25, -0.2) is 4.79 Å². The Morgan fingerprint density at radius 2 is 2.04 bits per heavy atom. The SMILES string of the molecule is O=C(N[C@@H]1C[C@H]2CC[C@H]1O2)N(C[C@H](O)c1ccccc1)C1CC1. The number of ether oxygens (including phenoxy) is 1. The average Bonchev–Trinajstić information content (AvgIpc) is 3.20. The van der Waals surface area contributed by atoms with E-state index in [9.17, 15) is 9.90 Å². The van der Waals surface area contributed by atoms with Crippen LogP contribution in [0.2, 0.25) is 0 Å². The molecule has 4 rings (SSSR count). The predicted octanol–water partition coefficient (Wildman–Crippen LogP) is 2.21. The van der Waals surface area contributed by atoms with Crippen LogP contribution in [0, 0.1) is 0 Å². The van der Waals surface area contributed by atoms with E-state index in [1.165, 1.54) is 0 Å². The highest BCUT2D eigenvalue weighted by molar-refractivity contribution is 5.75. The molecule has 1 saturated carbocycles. The molecule has 2 saturated heterocycles. The second-order valence-corrected chi connectivity index (χ2v) is 6.98. The number of urea groups is 1. The van der Waals surface area contributed by atoms with E-state index in [1.54, 1.807) is 0 Å². The van der Waals surface area contributed by atoms with Crippen LogP contribution in [-0.4, -0.2) is 46.9 Å². The van der Waals surface area contributed by atoms with Crippen LogP contribution < -0.4 is 5.32 Å². The van der Waals surface area contributed by atoms with E-state index in [4.69, 9.17) is 4.74 Å². The third-order valence-electron chi connectivity index (χ3n) is 5.22. The van der Waals surface area contributed by atoms with Crippen LogP contribution >= 0.6 is 0 Å². The second-order valence-electron chi connectivity index (χ2n) is 6.98. The molecule has 5 heteroatoms. The van der Waals surface area contributed by atoms with Gasteiger partial charge in [-0.15, -0.1) is 0 Å². The van der Waals surface area contributed by atoms with Gasteiger partial charge < -0.3 is 20.1 Å². The molecule has 5 nitrogen and oxygen atoms in total. The van der Waals surface area contributed by atoms with Gasteiger partial charge in [-0.2, -0.15) is 0 Å². The van der Waals surface area contributed by atoms with Crippen molar-refractivity contribution in [2.24, 2.45) is 0 Å². The van der Waals surface area contributed by atoms with Crippen LogP contribution in [0.5, 0.6) is 0 Å². The lowest BCUT2D eigenvalue weighted by atomic mass is 9.96. The fraction of sp³-hybridized carbons (Fsp3) is 0.611. The zero-order chi connectivity index (χ0) is 15.8. The van der Waals surface area contributed by atoms with E-state index < -0.39 is 6.10 Å². The number of nitrogens with one attached hydrogen (secondary N) is 1. The van der Waals surface area contributed by atoms with Crippen molar-refractivity contribution in [2.75, 3.05) is 6.54 Å². The van der Waals surface area contributed by atoms with E-state index in [1.807, 2.05) is 35.2 Å². The summed E-state index contributed by atoms with van der Waals surface area (Å²) in [4.78, 5) is 14.5. The Balaban J connectivity index is 1.38. The van der Waals surface area contributed by atoms with Gasteiger partial charge in [0.15, 0.2) is 0 Å². The molecule has 2 amide bonds. The summed E-state index contributed by atoms with van der Waals surface area (Å²) in [6.45, 7) is 0.349. The minimum Gasteiger partial charge on any atom is -0.387 e. The number of fused-ring (bicyclic) bond motifs is 2. The summed E-state index contributed by atoms with van der Waals surface area (Å²) in [5.74, 6) is 0. The van der Waals surface area contributed by atoms with Gasteiger partial charge in [0.2, 0.25) is 0 Å². The smallest absolute Gasteiger partial charge is 0.318 e. The maximum Gasteiger partial charge on any atom is 0.318 e. The third-order valence-corrected chi connectivity index (χ3v) is 5.22. The van der Waals surface area contributed by atoms with Gasteiger partial charge in [-0.3, -0.25) is 0 Å². The van der Waals surface area contributed by atoms with E-state index in [0.29, 0.717) is 12.6 Å². The molecule has 124 valence electrons. The second kappa shape index (κ2) is 6.13. The number of amides is 2. The molecule has 2 N–H and O–H groups in total. The molecule has 2 heterocycles. The molecule has 3 fully saturated rings. The summed E-state index contributed by atoms with van der Waals surface area (Å²) in [6.07, 6.45) is 5.03. The number of benzene rings is 1. The number of aliphatic hydroxyl groups is 1. The van der Waals surface area contributed by atoms with E-state index in [-0.39, 0.29) is 24.2 Å². The predicted molar refractivity (Wildman–Crippen MR) is 86.0 cm³/mol. The van der Waals surface area contributed by atoms with Crippen LogP contribution in [0.3, 0.4) is 0 Å². The normalized spacial score (nSPS) is 30.2. The molecule has 4 atom stereocenters. The molecule has 3 aliphatic rings. The van der Waals surface area contributed by atoms with Gasteiger partial charge in [-0.1, -0.05) is 30.3 Å². The number of hydrogen-bond acceptors (Lipinski definition) is 3. The maximum absolute atomic E-state index is 12.7. The van der Waals surface area contributed by atoms with Crippen LogP contribution in [0.25, 0.3) is 0 Å². The number of rotatable bonds is 5. The fourth-order valence-electron chi connectivity index (χ4n) is 3.78. The molecule has 23 heavy (non-hydrogen) atoms. The first-order valence-corrected chi connectivity index (χ1v) is 8.66. The molecule has 0 unspecified atom stereocenters. The van der Waals surface area contributed by atoms with Crippen molar-refractivity contribution in [2.45, 2.75) is 62.5 Å². The Hall–Kier alpha value is -1.59. The Labute approximate surface area is 136 Å². The summed E-state index contributed by atoms with van der Waals surface area (Å²) in [5, 5.41) is 13.6. The number of hydrogen-bond donors (Lipinski definition) is 2. The first-order valence-electron chi connectivity index (χ1n) is 8.66. The molecule has 1 aromatic carbocycles. The van der Waals surface area contributed by atoms with Gasteiger partial charge in [0.05, 0.1) is 30.9 Å². The lowest BCUT2D eigenvalue weighted by Gasteiger charge is -2.29. The first-order chi connectivity index (χ1) is 11.2. The molecule has 0 radical (unpaired) electrons. The highest BCUT2D eigenvalue weighted by Gasteiger charge is 2.43. The zero-order valence-electron chi connectivity index (χ0n) is 13.2. The first kappa shape index (κ1) is 15.0. The largest absolute Gasteiger partial charge is 0.387 e. The van der Waals surface area contributed by atoms with E-state index >= 15 is 0 Å². The van der Waals surface area contributed by atoms with Crippen molar-refractivity contribution >= 4 is 6.03 Å². The van der Waals surface area contributed by atoms with Crippen LogP contribution in [0.15, 0.2) is 30.3 Å². The monoisotopic (exact) mass is 316 g/mol. The summed E-state index contributed by atoms with van der Waals surface area (Å²) in [5.41, 5.74) is 0.856. The number of carbonyl (C=O) groups excluding carboxylic acids is 1. The van der Waals surface area contributed by atoms with Crippen molar-refractivity contribution in [1.82, 2.24) is 10.2 Å². The van der Waals surface area contributed by atoms with Crippen molar-refractivity contribution in [3.8, 4) is 0 Å². The molecule has 0 aromatic heterocycles. The molecule has 2 bridgehead atoms. The van der Waals surface area contributed by atoms with Crippen LogP contribution in [0.1, 0.15) is 43.8 Å². The fourth-order valence-corrected chi connectivity index (χ4v) is 3.78. The summed E-state index contributed by atoms with van der Waals surface area (Å²) in [6, 6.07) is 9.90. The highest BCUT2D eigenvalue weighted by atomic mass is 16.5. The van der Waals surface area contributed by atoms with Gasteiger partial charge in [0, 0.05) is 6.04 Å². The van der Waals surface area contributed by atoms with Crippen LogP contribution in [-0.2, 0) is 4.74 Å². The van der Waals surface area contributed by atoms with Gasteiger partial charge in [0.1, 0.15) is 0 Å². The molecule has 2 aliphatic heterocycles. The quantitative estimate of drug-likeness (QED) is 0.875. The summed E-state index contributed by atoms with van der Waals surface area (Å²) in [7, 11) is 0. The van der Waals surface area contributed by atoms with Crippen LogP contribution in [0.4, 0.5) is 4.79 Å². The zero-order valence-corrected chi connectivity index (χ0v) is 13.2.